The monoisotopic (exact) mass is 456 g/mol. The van der Waals surface area contributed by atoms with E-state index < -0.39 is 0 Å². The molecule has 0 amide bonds. The molecule has 10 atom stereocenters. The Hall–Kier alpha value is -0.900. The van der Waals surface area contributed by atoms with Crippen molar-refractivity contribution in [2.45, 2.75) is 110 Å². The zero-order chi connectivity index (χ0) is 22.5. The third-order valence-corrected chi connectivity index (χ3v) is 11.0. The smallest absolute Gasteiger partial charge is 0.0577 e. The van der Waals surface area contributed by atoms with Crippen LogP contribution in [0.4, 0.5) is 0 Å². The van der Waals surface area contributed by atoms with Crippen LogP contribution in [-0.2, 0) is 6.42 Å². The fourth-order valence-corrected chi connectivity index (χ4v) is 9.31. The number of aryl methyl sites for hydroxylation is 1. The van der Waals surface area contributed by atoms with Gasteiger partial charge in [0.25, 0.3) is 0 Å². The van der Waals surface area contributed by atoms with Crippen LogP contribution in [0.15, 0.2) is 30.3 Å². The van der Waals surface area contributed by atoms with Gasteiger partial charge in [0.15, 0.2) is 0 Å². The van der Waals surface area contributed by atoms with Crippen molar-refractivity contribution in [3.63, 3.8) is 0 Å². The van der Waals surface area contributed by atoms with E-state index in [0.29, 0.717) is 23.7 Å². The van der Waals surface area contributed by atoms with Crippen molar-refractivity contribution in [3.8, 4) is 0 Å². The highest BCUT2D eigenvalue weighted by molar-refractivity contribution is 5.15. The Bertz CT molecular complexity index is 780. The van der Waals surface area contributed by atoms with Gasteiger partial charge in [0.05, 0.1) is 18.3 Å². The number of aliphatic hydroxyl groups excluding tert-OH is 3. The third kappa shape index (κ3) is 4.32. The van der Waals surface area contributed by atoms with Crippen molar-refractivity contribution in [3.05, 3.63) is 35.9 Å². The standard InChI is InChI=1S/C29H44O3.CH4/c1-28-16-14-23-21(18-27(32)25-17-20(30)13-15-29(23,25)2)22(28)11-12-24(28)26(31)10-6-9-19-7-4-3-5-8-19;/h3-5,7-8,20-27,30-32H,6,9-18H2,1-2H3;1H4/t20?,21?,22?,23-,24?,25+,26?,27-,28?,29?;/m0./s1. The fourth-order valence-electron chi connectivity index (χ4n) is 9.31. The highest BCUT2D eigenvalue weighted by Crippen LogP contribution is 2.67. The Morgan fingerprint density at radius 2 is 1.58 bits per heavy atom. The van der Waals surface area contributed by atoms with Crippen LogP contribution in [0.1, 0.15) is 91.0 Å². The van der Waals surface area contributed by atoms with Gasteiger partial charge in [0, 0.05) is 0 Å². The molecule has 4 saturated carbocycles. The highest BCUT2D eigenvalue weighted by Gasteiger charge is 2.62. The van der Waals surface area contributed by atoms with E-state index in [1.165, 1.54) is 24.8 Å². The van der Waals surface area contributed by atoms with Crippen molar-refractivity contribution in [1.82, 2.24) is 0 Å². The van der Waals surface area contributed by atoms with E-state index in [2.05, 4.69) is 44.2 Å². The average Bonchev–Trinajstić information content (AvgIpc) is 3.13. The van der Waals surface area contributed by atoms with Gasteiger partial charge >= 0.3 is 0 Å². The highest BCUT2D eigenvalue weighted by atomic mass is 16.3. The molecular formula is C30H48O3. The normalized spacial score (nSPS) is 45.3. The van der Waals surface area contributed by atoms with Gasteiger partial charge in [-0.2, -0.15) is 0 Å². The lowest BCUT2D eigenvalue weighted by Gasteiger charge is -2.62. The van der Waals surface area contributed by atoms with Crippen LogP contribution < -0.4 is 0 Å². The predicted octanol–water partition coefficient (Wildman–Crippen LogP) is 6.00. The van der Waals surface area contributed by atoms with Gasteiger partial charge in [-0.15, -0.1) is 0 Å². The summed E-state index contributed by atoms with van der Waals surface area (Å²) in [4.78, 5) is 0. The minimum absolute atomic E-state index is 0. The Kier molecular flexibility index (Phi) is 7.35. The third-order valence-electron chi connectivity index (χ3n) is 11.0. The predicted molar refractivity (Wildman–Crippen MR) is 135 cm³/mol. The summed E-state index contributed by atoms with van der Waals surface area (Å²) in [7, 11) is 0. The lowest BCUT2D eigenvalue weighted by molar-refractivity contribution is -0.174. The largest absolute Gasteiger partial charge is 0.393 e. The second-order valence-electron chi connectivity index (χ2n) is 12.4. The number of hydrogen-bond donors (Lipinski definition) is 3. The van der Waals surface area contributed by atoms with Gasteiger partial charge in [0.1, 0.15) is 0 Å². The van der Waals surface area contributed by atoms with Crippen molar-refractivity contribution in [2.75, 3.05) is 0 Å². The Morgan fingerprint density at radius 3 is 2.33 bits per heavy atom. The van der Waals surface area contributed by atoms with E-state index in [-0.39, 0.29) is 42.5 Å². The number of hydrogen-bond acceptors (Lipinski definition) is 3. The summed E-state index contributed by atoms with van der Waals surface area (Å²) < 4.78 is 0. The first-order chi connectivity index (χ1) is 15.3. The molecule has 1 aromatic rings. The molecule has 186 valence electrons. The minimum Gasteiger partial charge on any atom is -0.393 e. The summed E-state index contributed by atoms with van der Waals surface area (Å²) in [5.41, 5.74) is 1.76. The first-order valence-electron chi connectivity index (χ1n) is 13.4. The van der Waals surface area contributed by atoms with Crippen LogP contribution in [0.5, 0.6) is 0 Å². The molecular weight excluding hydrogens is 408 g/mol. The zero-order valence-electron chi connectivity index (χ0n) is 20.1. The number of aliphatic hydroxyl groups is 3. The maximum Gasteiger partial charge on any atom is 0.0577 e. The van der Waals surface area contributed by atoms with Gasteiger partial charge < -0.3 is 15.3 Å². The summed E-state index contributed by atoms with van der Waals surface area (Å²) in [5, 5.41) is 32.7. The quantitative estimate of drug-likeness (QED) is 0.509. The van der Waals surface area contributed by atoms with Gasteiger partial charge in [-0.05, 0) is 117 Å². The molecule has 0 aliphatic heterocycles. The SMILES string of the molecule is C.CC12CC[C@H]3C(C[C@H](O)[C@H]4CC(O)CCC43C)C1CCC2C(O)CCCc1ccccc1. The molecule has 4 aliphatic carbocycles. The first-order valence-corrected chi connectivity index (χ1v) is 13.4. The lowest BCUT2D eigenvalue weighted by atomic mass is 9.44. The zero-order valence-corrected chi connectivity index (χ0v) is 20.1. The van der Waals surface area contributed by atoms with Crippen LogP contribution in [0.3, 0.4) is 0 Å². The molecule has 5 rings (SSSR count). The average molecular weight is 457 g/mol. The minimum atomic E-state index is -0.270. The summed E-state index contributed by atoms with van der Waals surface area (Å²) >= 11 is 0. The van der Waals surface area contributed by atoms with E-state index in [0.717, 1.165) is 51.4 Å². The molecule has 0 aromatic heterocycles. The second kappa shape index (κ2) is 9.63. The molecule has 7 unspecified atom stereocenters. The Balaban J connectivity index is 0.00000259. The van der Waals surface area contributed by atoms with Gasteiger partial charge in [-0.3, -0.25) is 0 Å². The molecule has 4 aliphatic rings. The topological polar surface area (TPSA) is 60.7 Å². The van der Waals surface area contributed by atoms with Crippen LogP contribution >= 0.6 is 0 Å². The number of rotatable bonds is 5. The molecule has 3 N–H and O–H groups in total. The molecule has 0 radical (unpaired) electrons. The summed E-state index contributed by atoms with van der Waals surface area (Å²) in [6.45, 7) is 4.90. The van der Waals surface area contributed by atoms with Crippen molar-refractivity contribution in [1.29, 1.82) is 0 Å². The van der Waals surface area contributed by atoms with E-state index in [9.17, 15) is 15.3 Å². The van der Waals surface area contributed by atoms with Crippen molar-refractivity contribution < 1.29 is 15.3 Å². The summed E-state index contributed by atoms with van der Waals surface area (Å²) in [6, 6.07) is 10.6. The maximum atomic E-state index is 11.3. The molecule has 3 heteroatoms. The van der Waals surface area contributed by atoms with Gasteiger partial charge in [-0.1, -0.05) is 51.6 Å². The van der Waals surface area contributed by atoms with Gasteiger partial charge in [-0.25, -0.2) is 0 Å². The van der Waals surface area contributed by atoms with Crippen molar-refractivity contribution >= 4 is 0 Å². The molecule has 1 aromatic carbocycles. The Labute approximate surface area is 202 Å². The van der Waals surface area contributed by atoms with Crippen LogP contribution in [0.25, 0.3) is 0 Å². The van der Waals surface area contributed by atoms with E-state index in [1.807, 2.05) is 0 Å². The molecule has 0 heterocycles. The fraction of sp³-hybridized carbons (Fsp3) is 0.800. The van der Waals surface area contributed by atoms with Crippen molar-refractivity contribution in [2.24, 2.45) is 40.4 Å². The van der Waals surface area contributed by atoms with Crippen LogP contribution in [0, 0.1) is 40.4 Å². The van der Waals surface area contributed by atoms with Crippen LogP contribution in [0.2, 0.25) is 0 Å². The molecule has 0 spiro atoms. The molecule has 0 bridgehead atoms. The maximum absolute atomic E-state index is 11.3. The number of benzene rings is 1. The number of fused-ring (bicyclic) bond motifs is 5. The molecule has 0 saturated heterocycles. The van der Waals surface area contributed by atoms with E-state index in [4.69, 9.17) is 0 Å². The summed E-state index contributed by atoms with van der Waals surface area (Å²) in [6.07, 6.45) is 10.8. The molecule has 3 nitrogen and oxygen atoms in total. The lowest BCUT2D eigenvalue weighted by Crippen LogP contribution is -2.58. The van der Waals surface area contributed by atoms with Crippen LogP contribution in [-0.4, -0.2) is 33.6 Å². The van der Waals surface area contributed by atoms with Gasteiger partial charge in [0.2, 0.25) is 0 Å². The second-order valence-corrected chi connectivity index (χ2v) is 12.4. The Morgan fingerprint density at radius 1 is 0.879 bits per heavy atom. The first kappa shape index (κ1) is 25.2. The molecule has 33 heavy (non-hydrogen) atoms. The molecule has 4 fully saturated rings. The van der Waals surface area contributed by atoms with E-state index in [1.54, 1.807) is 0 Å². The summed E-state index contributed by atoms with van der Waals surface area (Å²) in [5.74, 6) is 2.56. The van der Waals surface area contributed by atoms with E-state index >= 15 is 0 Å².